The van der Waals surface area contributed by atoms with Gasteiger partial charge in [-0.1, -0.05) is 24.3 Å². The summed E-state index contributed by atoms with van der Waals surface area (Å²) in [4.78, 5) is 42.5. The molecular formula is C34H37F3N2O6. The molecule has 45 heavy (non-hydrogen) atoms. The molecule has 240 valence electrons. The summed E-state index contributed by atoms with van der Waals surface area (Å²) in [5.41, 5.74) is 0.0661. The van der Waals surface area contributed by atoms with Crippen LogP contribution in [0.25, 0.3) is 0 Å². The maximum atomic E-state index is 13.7. The second kappa shape index (κ2) is 11.2. The quantitative estimate of drug-likeness (QED) is 0.232. The summed E-state index contributed by atoms with van der Waals surface area (Å²) >= 11 is 0. The highest BCUT2D eigenvalue weighted by Crippen LogP contribution is 2.67. The smallest absolute Gasteiger partial charge is 0.416 e. The van der Waals surface area contributed by atoms with Gasteiger partial charge in [0, 0.05) is 46.0 Å². The van der Waals surface area contributed by atoms with Gasteiger partial charge in [-0.2, -0.15) is 13.2 Å². The third-order valence-corrected chi connectivity index (χ3v) is 10.2. The number of aryl methyl sites for hydroxylation is 1. The van der Waals surface area contributed by atoms with Crippen LogP contribution < -0.4 is 9.47 Å². The van der Waals surface area contributed by atoms with E-state index in [1.54, 1.807) is 18.0 Å². The van der Waals surface area contributed by atoms with Gasteiger partial charge in [-0.3, -0.25) is 19.3 Å². The molecule has 0 N–H and O–H groups in total. The number of amides is 1. The molecule has 0 aromatic heterocycles. The second-order valence-electron chi connectivity index (χ2n) is 12.6. The van der Waals surface area contributed by atoms with Crippen molar-refractivity contribution in [1.29, 1.82) is 0 Å². The minimum atomic E-state index is -4.43. The van der Waals surface area contributed by atoms with E-state index >= 15 is 0 Å². The molecule has 11 heteroatoms. The Labute approximate surface area is 260 Å². The minimum Gasteiger partial charge on any atom is -0.483 e. The number of hydrogen-bond acceptors (Lipinski definition) is 7. The highest BCUT2D eigenvalue weighted by Gasteiger charge is 2.75. The summed E-state index contributed by atoms with van der Waals surface area (Å²) in [5, 5.41) is 0. The Morgan fingerprint density at radius 2 is 1.84 bits per heavy atom. The average molecular weight is 627 g/mol. The molecule has 2 unspecified atom stereocenters. The predicted octanol–water partition coefficient (Wildman–Crippen LogP) is 5.00. The lowest BCUT2D eigenvalue weighted by atomic mass is 9.48. The SMILES string of the molecule is C=CCN1CC[C@]23c4c5ccc(OC(C)=O)c4OC2C(N(C)C(=O)CCc2ccc(C(F)(F)F)cc2)CC[C@@]3(OC(C)=O)[C@H]1C5. The van der Waals surface area contributed by atoms with Crippen LogP contribution in [-0.2, 0) is 43.6 Å². The molecule has 2 aliphatic heterocycles. The number of carbonyl (C=O) groups excluding carboxylic acids is 3. The maximum Gasteiger partial charge on any atom is 0.416 e. The Balaban J connectivity index is 1.36. The number of carbonyl (C=O) groups is 3. The third-order valence-electron chi connectivity index (χ3n) is 10.2. The third kappa shape index (κ3) is 4.90. The van der Waals surface area contributed by atoms with Gasteiger partial charge in [0.15, 0.2) is 11.5 Å². The number of ether oxygens (including phenoxy) is 3. The number of piperidine rings is 1. The molecule has 2 bridgehead atoms. The zero-order valence-corrected chi connectivity index (χ0v) is 25.6. The van der Waals surface area contributed by atoms with Gasteiger partial charge in [-0.05, 0) is 61.4 Å². The molecule has 2 aromatic rings. The van der Waals surface area contributed by atoms with E-state index in [2.05, 4.69) is 11.5 Å². The normalized spacial score (nSPS) is 28.0. The summed E-state index contributed by atoms with van der Waals surface area (Å²) < 4.78 is 57.9. The molecular weight excluding hydrogens is 589 g/mol. The van der Waals surface area contributed by atoms with Gasteiger partial charge >= 0.3 is 18.1 Å². The number of halogens is 3. The first-order valence-electron chi connectivity index (χ1n) is 15.3. The van der Waals surface area contributed by atoms with E-state index in [9.17, 15) is 27.6 Å². The molecule has 6 rings (SSSR count). The van der Waals surface area contributed by atoms with E-state index in [4.69, 9.17) is 14.2 Å². The number of likely N-dealkylation sites (tertiary alicyclic amines) is 1. The van der Waals surface area contributed by atoms with Gasteiger partial charge < -0.3 is 19.1 Å². The standard InChI is InChI=1S/C34H37F3N2O6/c1-5-17-39-18-16-32-29-23-9-12-26(43-20(2)40)30(29)44-31(32)25(14-15-33(32,27(39)19-23)45-21(3)41)38(4)28(42)13-8-22-6-10-24(11-7-22)34(35,36)37/h5-7,9-12,25,27,31H,1,8,13-19H2,2-4H3/t25?,27-,31?,32+,33-/m1/s1. The molecule has 1 amide bonds. The summed E-state index contributed by atoms with van der Waals surface area (Å²) in [6, 6.07) is 7.99. The average Bonchev–Trinajstić information content (AvgIpc) is 3.33. The lowest BCUT2D eigenvalue weighted by molar-refractivity contribution is -0.222. The van der Waals surface area contributed by atoms with Crippen LogP contribution in [0.5, 0.6) is 11.5 Å². The Morgan fingerprint density at radius 3 is 2.49 bits per heavy atom. The summed E-state index contributed by atoms with van der Waals surface area (Å²) in [7, 11) is 1.72. The molecule has 2 aromatic carbocycles. The van der Waals surface area contributed by atoms with Crippen LogP contribution in [0, 0.1) is 0 Å². The first-order valence-corrected chi connectivity index (χ1v) is 15.3. The van der Waals surface area contributed by atoms with Gasteiger partial charge in [-0.25, -0.2) is 0 Å². The molecule has 4 aliphatic rings. The second-order valence-corrected chi connectivity index (χ2v) is 12.6. The van der Waals surface area contributed by atoms with Gasteiger partial charge in [0.05, 0.1) is 23.1 Å². The molecule has 2 heterocycles. The van der Waals surface area contributed by atoms with Gasteiger partial charge in [0.2, 0.25) is 5.91 Å². The van der Waals surface area contributed by atoms with Crippen molar-refractivity contribution in [2.45, 2.75) is 87.8 Å². The summed E-state index contributed by atoms with van der Waals surface area (Å²) in [6.07, 6.45) is -0.621. The molecule has 0 radical (unpaired) electrons. The van der Waals surface area contributed by atoms with Crippen molar-refractivity contribution in [3.63, 3.8) is 0 Å². The number of likely N-dealkylation sites (N-methyl/N-ethyl adjacent to an activating group) is 1. The molecule has 8 nitrogen and oxygen atoms in total. The summed E-state index contributed by atoms with van der Waals surface area (Å²) in [5.74, 6) is -0.310. The van der Waals surface area contributed by atoms with E-state index < -0.39 is 46.8 Å². The van der Waals surface area contributed by atoms with Crippen molar-refractivity contribution < 1.29 is 41.8 Å². The number of esters is 2. The number of benzene rings is 2. The number of alkyl halides is 3. The Bertz CT molecular complexity index is 1540. The first kappa shape index (κ1) is 31.1. The van der Waals surface area contributed by atoms with Crippen molar-refractivity contribution in [1.82, 2.24) is 9.80 Å². The highest BCUT2D eigenvalue weighted by molar-refractivity contribution is 5.77. The fourth-order valence-corrected chi connectivity index (χ4v) is 8.52. The van der Waals surface area contributed by atoms with Crippen LogP contribution in [0.15, 0.2) is 49.1 Å². The molecule has 1 spiro atoms. The molecule has 1 saturated carbocycles. The zero-order chi connectivity index (χ0) is 32.3. The molecule has 2 aliphatic carbocycles. The van der Waals surface area contributed by atoms with Gasteiger partial charge in [0.25, 0.3) is 0 Å². The van der Waals surface area contributed by atoms with Crippen LogP contribution in [0.4, 0.5) is 13.2 Å². The Hall–Kier alpha value is -3.86. The van der Waals surface area contributed by atoms with E-state index in [-0.39, 0.29) is 24.8 Å². The molecule has 2 fully saturated rings. The van der Waals surface area contributed by atoms with Crippen molar-refractivity contribution in [3.05, 3.63) is 71.3 Å². The Kier molecular flexibility index (Phi) is 7.74. The topological polar surface area (TPSA) is 85.4 Å². The summed E-state index contributed by atoms with van der Waals surface area (Å²) in [6.45, 7) is 8.00. The van der Waals surface area contributed by atoms with E-state index in [1.165, 1.54) is 26.0 Å². The lowest BCUT2D eigenvalue weighted by Gasteiger charge is -2.65. The van der Waals surface area contributed by atoms with E-state index in [0.717, 1.165) is 23.3 Å². The van der Waals surface area contributed by atoms with E-state index in [0.29, 0.717) is 55.8 Å². The maximum absolute atomic E-state index is 13.7. The fourth-order valence-electron chi connectivity index (χ4n) is 8.52. The first-order chi connectivity index (χ1) is 21.3. The van der Waals surface area contributed by atoms with E-state index in [1.807, 2.05) is 12.1 Å². The number of rotatable bonds is 8. The van der Waals surface area contributed by atoms with Gasteiger partial charge in [0.1, 0.15) is 11.7 Å². The predicted molar refractivity (Wildman–Crippen MR) is 158 cm³/mol. The monoisotopic (exact) mass is 626 g/mol. The van der Waals surface area contributed by atoms with Crippen LogP contribution in [-0.4, -0.2) is 71.6 Å². The van der Waals surface area contributed by atoms with Crippen molar-refractivity contribution in [3.8, 4) is 11.5 Å². The minimum absolute atomic E-state index is 0.0970. The van der Waals surface area contributed by atoms with Crippen LogP contribution in [0.2, 0.25) is 0 Å². The Morgan fingerprint density at radius 1 is 1.11 bits per heavy atom. The van der Waals surface area contributed by atoms with Crippen molar-refractivity contribution in [2.75, 3.05) is 20.1 Å². The number of nitrogens with zero attached hydrogens (tertiary/aromatic N) is 2. The van der Waals surface area contributed by atoms with Gasteiger partial charge in [-0.15, -0.1) is 6.58 Å². The highest BCUT2D eigenvalue weighted by atomic mass is 19.4. The number of hydrogen-bond donors (Lipinski definition) is 0. The van der Waals surface area contributed by atoms with Crippen LogP contribution >= 0.6 is 0 Å². The largest absolute Gasteiger partial charge is 0.483 e. The zero-order valence-electron chi connectivity index (χ0n) is 25.6. The lowest BCUT2D eigenvalue weighted by Crippen LogP contribution is -2.79. The van der Waals surface area contributed by atoms with Crippen LogP contribution in [0.1, 0.15) is 61.8 Å². The molecule has 1 saturated heterocycles. The van der Waals surface area contributed by atoms with Crippen molar-refractivity contribution >= 4 is 17.8 Å². The van der Waals surface area contributed by atoms with Crippen molar-refractivity contribution in [2.24, 2.45) is 0 Å². The molecule has 5 atom stereocenters. The fraction of sp³-hybridized carbons (Fsp3) is 0.500. The van der Waals surface area contributed by atoms with Crippen LogP contribution in [0.3, 0.4) is 0 Å².